The van der Waals surface area contributed by atoms with Crippen molar-refractivity contribution < 1.29 is 43.5 Å². The maximum absolute atomic E-state index is 15.8. The smallest absolute Gasteiger partial charge is 0.321 e. The number of anilines is 1. The molecule has 1 aliphatic rings. The minimum absolute atomic E-state index is 0.0489. The standard InChI is InChI=1S/C25H24F2N6O7S/c1-2-28-23(38)33-25-32-17-15(27)11(6-12(21(17)41-25)16-13(26)4-3-5-29-16)10-7-30-24(31-8-10)40-20-18(36)22(37)39-19(20)14(35)9-34/h3-8,14,18-20,22,34-37H,2,9H2,1H3,(H2,28,32,33,38). The normalized spacial score (nSPS) is 21.1. The zero-order valence-corrected chi connectivity index (χ0v) is 22.0. The first-order chi connectivity index (χ1) is 19.7. The molecule has 216 valence electrons. The van der Waals surface area contributed by atoms with Crippen molar-refractivity contribution in [1.29, 1.82) is 0 Å². The molecule has 13 nitrogen and oxygen atoms in total. The summed E-state index contributed by atoms with van der Waals surface area (Å²) in [5, 5.41) is 44.3. The van der Waals surface area contributed by atoms with Crippen molar-refractivity contribution in [3.05, 3.63) is 48.4 Å². The lowest BCUT2D eigenvalue weighted by molar-refractivity contribution is -0.150. The third-order valence-corrected chi connectivity index (χ3v) is 7.18. The number of carbonyl (C=O) groups excluding carboxylic acids is 1. The molecule has 6 N–H and O–H groups in total. The van der Waals surface area contributed by atoms with Crippen molar-refractivity contribution in [2.45, 2.75) is 37.6 Å². The Kier molecular flexibility index (Phi) is 8.30. The van der Waals surface area contributed by atoms with Crippen LogP contribution >= 0.6 is 11.3 Å². The Hall–Kier alpha value is -3.93. The number of ether oxygens (including phenoxy) is 2. The highest BCUT2D eigenvalue weighted by molar-refractivity contribution is 7.22. The van der Waals surface area contributed by atoms with Crippen LogP contribution in [0.25, 0.3) is 32.6 Å². The van der Waals surface area contributed by atoms with E-state index in [-0.39, 0.29) is 43.7 Å². The largest absolute Gasteiger partial charge is 0.454 e. The number of amides is 2. The highest BCUT2D eigenvalue weighted by atomic mass is 32.1. The highest BCUT2D eigenvalue weighted by Crippen LogP contribution is 2.41. The van der Waals surface area contributed by atoms with Crippen molar-refractivity contribution in [2.24, 2.45) is 0 Å². The van der Waals surface area contributed by atoms with Gasteiger partial charge in [0, 0.05) is 41.8 Å². The predicted molar refractivity (Wildman–Crippen MR) is 141 cm³/mol. The van der Waals surface area contributed by atoms with Crippen LogP contribution in [0.2, 0.25) is 0 Å². The number of carbonyl (C=O) groups is 1. The van der Waals surface area contributed by atoms with Gasteiger partial charge in [-0.3, -0.25) is 10.3 Å². The van der Waals surface area contributed by atoms with Gasteiger partial charge in [-0.2, -0.15) is 0 Å². The Balaban J connectivity index is 1.52. The number of nitrogens with zero attached hydrogens (tertiary/aromatic N) is 4. The second-order valence-corrected chi connectivity index (χ2v) is 9.87. The fourth-order valence-corrected chi connectivity index (χ4v) is 5.21. The molecule has 1 saturated heterocycles. The van der Waals surface area contributed by atoms with Gasteiger partial charge in [0.05, 0.1) is 11.3 Å². The van der Waals surface area contributed by atoms with Gasteiger partial charge >= 0.3 is 12.0 Å². The Morgan fingerprint density at radius 3 is 2.66 bits per heavy atom. The number of hydrogen-bond acceptors (Lipinski definition) is 12. The monoisotopic (exact) mass is 590 g/mol. The van der Waals surface area contributed by atoms with Gasteiger partial charge in [0.1, 0.15) is 35.3 Å². The van der Waals surface area contributed by atoms with Crippen LogP contribution in [0.4, 0.5) is 18.7 Å². The molecular formula is C25H24F2N6O7S. The predicted octanol–water partition coefficient (Wildman–Crippen LogP) is 1.41. The van der Waals surface area contributed by atoms with E-state index < -0.39 is 55.0 Å². The van der Waals surface area contributed by atoms with Gasteiger partial charge in [-0.15, -0.1) is 0 Å². The van der Waals surface area contributed by atoms with Gasteiger partial charge in [-0.1, -0.05) is 11.3 Å². The number of halogens is 2. The summed E-state index contributed by atoms with van der Waals surface area (Å²) < 4.78 is 41.5. The van der Waals surface area contributed by atoms with Gasteiger partial charge in [0.25, 0.3) is 0 Å². The lowest BCUT2D eigenvalue weighted by Gasteiger charge is -2.23. The van der Waals surface area contributed by atoms with E-state index in [9.17, 15) is 29.6 Å². The minimum atomic E-state index is -1.68. The second-order valence-electron chi connectivity index (χ2n) is 8.87. The molecular weight excluding hydrogens is 566 g/mol. The number of aliphatic hydroxyl groups excluding tert-OH is 4. The molecule has 0 spiro atoms. The maximum Gasteiger partial charge on any atom is 0.321 e. The average molecular weight is 591 g/mol. The third-order valence-electron chi connectivity index (χ3n) is 6.17. The Labute approximate surface area is 234 Å². The zero-order valence-electron chi connectivity index (χ0n) is 21.2. The number of fused-ring (bicyclic) bond motifs is 1. The summed E-state index contributed by atoms with van der Waals surface area (Å²) in [5.41, 5.74) is 0.121. The number of rotatable bonds is 8. The first-order valence-corrected chi connectivity index (χ1v) is 13.1. The molecule has 16 heteroatoms. The number of aliphatic hydroxyl groups is 4. The third kappa shape index (κ3) is 5.65. The van der Waals surface area contributed by atoms with Crippen LogP contribution in [0.5, 0.6) is 6.01 Å². The Bertz CT molecular complexity index is 1560. The van der Waals surface area contributed by atoms with Crippen molar-refractivity contribution in [3.63, 3.8) is 0 Å². The van der Waals surface area contributed by atoms with E-state index in [4.69, 9.17) is 9.47 Å². The van der Waals surface area contributed by atoms with Crippen LogP contribution < -0.4 is 15.4 Å². The first-order valence-electron chi connectivity index (χ1n) is 12.3. The van der Waals surface area contributed by atoms with Gasteiger partial charge in [-0.05, 0) is 25.1 Å². The maximum atomic E-state index is 15.8. The van der Waals surface area contributed by atoms with Crippen molar-refractivity contribution in [2.75, 3.05) is 18.5 Å². The minimum Gasteiger partial charge on any atom is -0.454 e. The number of urea groups is 1. The molecule has 4 aromatic rings. The number of nitrogens with one attached hydrogen (secondary N) is 2. The fraction of sp³-hybridized carbons (Fsp3) is 0.320. The van der Waals surface area contributed by atoms with Crippen LogP contribution in [0.15, 0.2) is 36.8 Å². The zero-order chi connectivity index (χ0) is 29.3. The number of thiazole rings is 1. The summed E-state index contributed by atoms with van der Waals surface area (Å²) in [6, 6.07) is 3.15. The average Bonchev–Trinajstić information content (AvgIpc) is 3.51. The number of benzene rings is 1. The van der Waals surface area contributed by atoms with E-state index in [1.54, 1.807) is 6.92 Å². The highest BCUT2D eigenvalue weighted by Gasteiger charge is 2.48. The van der Waals surface area contributed by atoms with Crippen LogP contribution in [-0.2, 0) is 4.74 Å². The van der Waals surface area contributed by atoms with Crippen LogP contribution in [0, 0.1) is 11.6 Å². The molecule has 3 aromatic heterocycles. The van der Waals surface area contributed by atoms with E-state index >= 15 is 4.39 Å². The molecule has 1 aliphatic heterocycles. The summed E-state index contributed by atoms with van der Waals surface area (Å²) in [6.45, 7) is 1.37. The van der Waals surface area contributed by atoms with Gasteiger partial charge < -0.3 is 35.2 Å². The van der Waals surface area contributed by atoms with Crippen LogP contribution in [0.3, 0.4) is 0 Å². The second kappa shape index (κ2) is 11.9. The van der Waals surface area contributed by atoms with Crippen LogP contribution in [0.1, 0.15) is 6.92 Å². The van der Waals surface area contributed by atoms with E-state index in [2.05, 4.69) is 30.6 Å². The summed E-state index contributed by atoms with van der Waals surface area (Å²) in [7, 11) is 0. The van der Waals surface area contributed by atoms with Gasteiger partial charge in [0.2, 0.25) is 0 Å². The van der Waals surface area contributed by atoms with Crippen molar-refractivity contribution in [1.82, 2.24) is 25.3 Å². The Morgan fingerprint density at radius 1 is 1.22 bits per heavy atom. The SMILES string of the molecule is CCNC(=O)Nc1nc2c(F)c(-c3cnc(OC4C(O)C(O)OC4C(O)CO)nc3)cc(-c3ncccc3F)c2s1. The summed E-state index contributed by atoms with van der Waals surface area (Å²) in [6.07, 6.45) is -3.53. The molecule has 5 rings (SSSR count). The summed E-state index contributed by atoms with van der Waals surface area (Å²) in [4.78, 5) is 28.4. The molecule has 0 aliphatic carbocycles. The van der Waals surface area contributed by atoms with Crippen LogP contribution in [-0.4, -0.2) is 90.3 Å². The van der Waals surface area contributed by atoms with E-state index in [1.807, 2.05) is 0 Å². The van der Waals surface area contributed by atoms with Crippen molar-refractivity contribution in [3.8, 4) is 28.4 Å². The number of hydrogen-bond donors (Lipinski definition) is 6. The summed E-state index contributed by atoms with van der Waals surface area (Å²) >= 11 is 0.949. The summed E-state index contributed by atoms with van der Waals surface area (Å²) in [5.74, 6) is -1.44. The van der Waals surface area contributed by atoms with Crippen molar-refractivity contribution >= 4 is 32.7 Å². The molecule has 41 heavy (non-hydrogen) atoms. The van der Waals surface area contributed by atoms with E-state index in [0.29, 0.717) is 6.54 Å². The first kappa shape index (κ1) is 28.6. The number of pyridine rings is 1. The molecule has 1 fully saturated rings. The molecule has 1 aromatic carbocycles. The Morgan fingerprint density at radius 2 is 1.98 bits per heavy atom. The van der Waals surface area contributed by atoms with Gasteiger partial charge in [0.15, 0.2) is 23.3 Å². The van der Waals surface area contributed by atoms with Gasteiger partial charge in [-0.25, -0.2) is 28.5 Å². The number of aromatic nitrogens is 4. The lowest BCUT2D eigenvalue weighted by Crippen LogP contribution is -2.44. The van der Waals surface area contributed by atoms with E-state index in [0.717, 1.165) is 11.3 Å². The molecule has 0 radical (unpaired) electrons. The lowest BCUT2D eigenvalue weighted by atomic mass is 10.0. The molecule has 0 bridgehead atoms. The molecule has 5 unspecified atom stereocenters. The fourth-order valence-electron chi connectivity index (χ4n) is 4.24. The van der Waals surface area contributed by atoms with E-state index in [1.165, 1.54) is 36.8 Å². The molecule has 0 saturated carbocycles. The molecule has 4 heterocycles. The quantitative estimate of drug-likeness (QED) is 0.174. The topological polar surface area (TPSA) is 192 Å². The molecule has 5 atom stereocenters. The molecule has 2 amide bonds.